The van der Waals surface area contributed by atoms with E-state index in [1.807, 2.05) is 12.1 Å². The van der Waals surface area contributed by atoms with Crippen LogP contribution in [0, 0.1) is 0 Å². The highest BCUT2D eigenvalue weighted by Crippen LogP contribution is 2.36. The molecule has 0 spiro atoms. The third-order valence-electron chi connectivity index (χ3n) is 3.93. The van der Waals surface area contributed by atoms with Gasteiger partial charge in [0.05, 0.1) is 42.1 Å². The van der Waals surface area contributed by atoms with E-state index in [2.05, 4.69) is 15.6 Å². The highest BCUT2D eigenvalue weighted by molar-refractivity contribution is 7.22. The van der Waals surface area contributed by atoms with E-state index in [4.69, 9.17) is 14.6 Å². The first-order valence-corrected chi connectivity index (χ1v) is 7.91. The summed E-state index contributed by atoms with van der Waals surface area (Å²) in [5, 5.41) is 15.4. The van der Waals surface area contributed by atoms with Crippen molar-refractivity contribution in [2.75, 3.05) is 25.1 Å². The standard InChI is InChI=1S/C14H15N3O4S/c18-14(19)16-9-6-20-5-8(9)15-13-17-12-7-3-4-21-10(7)1-2-11(12)22-13/h1-2,8-9,16H,3-6H2,(H,15,17)(H,18,19)/t8-,9+/m1/s1. The topological polar surface area (TPSA) is 92.7 Å². The zero-order valence-corrected chi connectivity index (χ0v) is 12.5. The predicted octanol–water partition coefficient (Wildman–Crippen LogP) is 1.68. The Morgan fingerprint density at radius 1 is 1.36 bits per heavy atom. The number of carbonyl (C=O) groups is 1. The summed E-state index contributed by atoms with van der Waals surface area (Å²) >= 11 is 1.56. The molecule has 1 amide bonds. The van der Waals surface area contributed by atoms with E-state index >= 15 is 0 Å². The summed E-state index contributed by atoms with van der Waals surface area (Å²) in [7, 11) is 0. The number of benzene rings is 1. The van der Waals surface area contributed by atoms with Gasteiger partial charge in [0.25, 0.3) is 0 Å². The van der Waals surface area contributed by atoms with Crippen molar-refractivity contribution in [3.05, 3.63) is 17.7 Å². The van der Waals surface area contributed by atoms with Gasteiger partial charge in [-0.2, -0.15) is 0 Å². The van der Waals surface area contributed by atoms with Crippen LogP contribution in [-0.4, -0.2) is 48.1 Å². The van der Waals surface area contributed by atoms with Crippen LogP contribution in [0.5, 0.6) is 5.75 Å². The normalized spacial score (nSPS) is 23.3. The van der Waals surface area contributed by atoms with Gasteiger partial charge in [-0.15, -0.1) is 0 Å². The quantitative estimate of drug-likeness (QED) is 0.796. The minimum absolute atomic E-state index is 0.110. The second-order valence-electron chi connectivity index (χ2n) is 5.35. The number of amides is 1. The van der Waals surface area contributed by atoms with Crippen LogP contribution in [-0.2, 0) is 11.2 Å². The molecule has 3 N–H and O–H groups in total. The first kappa shape index (κ1) is 13.6. The molecule has 8 heteroatoms. The third-order valence-corrected chi connectivity index (χ3v) is 4.88. The molecule has 116 valence electrons. The molecule has 1 saturated heterocycles. The largest absolute Gasteiger partial charge is 0.493 e. The number of aromatic nitrogens is 1. The molecule has 2 aliphatic rings. The van der Waals surface area contributed by atoms with E-state index in [0.29, 0.717) is 19.8 Å². The summed E-state index contributed by atoms with van der Waals surface area (Å²) < 4.78 is 12.0. The number of rotatable bonds is 3. The van der Waals surface area contributed by atoms with Gasteiger partial charge >= 0.3 is 6.09 Å². The van der Waals surface area contributed by atoms with E-state index < -0.39 is 6.09 Å². The zero-order chi connectivity index (χ0) is 15.1. The van der Waals surface area contributed by atoms with Crippen LogP contribution in [0.2, 0.25) is 0 Å². The van der Waals surface area contributed by atoms with Gasteiger partial charge in [-0.05, 0) is 12.1 Å². The minimum Gasteiger partial charge on any atom is -0.493 e. The maximum atomic E-state index is 10.8. The molecular weight excluding hydrogens is 306 g/mol. The van der Waals surface area contributed by atoms with Crippen molar-refractivity contribution in [3.8, 4) is 5.75 Å². The fourth-order valence-electron chi connectivity index (χ4n) is 2.89. The van der Waals surface area contributed by atoms with Crippen molar-refractivity contribution in [2.45, 2.75) is 18.5 Å². The average Bonchev–Trinajstić information content (AvgIpc) is 3.17. The van der Waals surface area contributed by atoms with Gasteiger partial charge in [-0.1, -0.05) is 11.3 Å². The second-order valence-corrected chi connectivity index (χ2v) is 6.38. The smallest absolute Gasteiger partial charge is 0.405 e. The lowest BCUT2D eigenvalue weighted by atomic mass is 10.1. The van der Waals surface area contributed by atoms with Crippen LogP contribution in [0.15, 0.2) is 12.1 Å². The van der Waals surface area contributed by atoms with Crippen molar-refractivity contribution >= 4 is 32.8 Å². The van der Waals surface area contributed by atoms with Gasteiger partial charge in [0.15, 0.2) is 5.13 Å². The van der Waals surface area contributed by atoms with Gasteiger partial charge < -0.3 is 25.2 Å². The highest BCUT2D eigenvalue weighted by Gasteiger charge is 2.30. The van der Waals surface area contributed by atoms with Crippen molar-refractivity contribution in [2.24, 2.45) is 0 Å². The van der Waals surface area contributed by atoms with Gasteiger partial charge in [0.1, 0.15) is 5.75 Å². The molecule has 2 atom stereocenters. The molecule has 0 unspecified atom stereocenters. The molecule has 1 aromatic heterocycles. The number of ether oxygens (including phenoxy) is 2. The highest BCUT2D eigenvalue weighted by atomic mass is 32.1. The van der Waals surface area contributed by atoms with Gasteiger partial charge in [0, 0.05) is 12.0 Å². The Hall–Kier alpha value is -2.06. The number of hydrogen-bond donors (Lipinski definition) is 3. The van der Waals surface area contributed by atoms with Crippen molar-refractivity contribution in [1.82, 2.24) is 10.3 Å². The summed E-state index contributed by atoms with van der Waals surface area (Å²) in [6.07, 6.45) is -0.160. The Morgan fingerprint density at radius 3 is 3.09 bits per heavy atom. The maximum Gasteiger partial charge on any atom is 0.405 e. The number of carboxylic acid groups (broad SMARTS) is 1. The summed E-state index contributed by atoms with van der Waals surface area (Å²) in [5.41, 5.74) is 2.13. The molecule has 1 fully saturated rings. The number of thiazole rings is 1. The zero-order valence-electron chi connectivity index (χ0n) is 11.7. The van der Waals surface area contributed by atoms with Crippen molar-refractivity contribution < 1.29 is 19.4 Å². The molecule has 4 rings (SSSR count). The lowest BCUT2D eigenvalue weighted by Crippen LogP contribution is -2.45. The first-order valence-electron chi connectivity index (χ1n) is 7.09. The summed E-state index contributed by atoms with van der Waals surface area (Å²) in [4.78, 5) is 15.5. The van der Waals surface area contributed by atoms with E-state index in [1.54, 1.807) is 11.3 Å². The Labute approximate surface area is 130 Å². The monoisotopic (exact) mass is 321 g/mol. The lowest BCUT2D eigenvalue weighted by Gasteiger charge is -2.17. The molecule has 3 heterocycles. The van der Waals surface area contributed by atoms with Crippen LogP contribution < -0.4 is 15.4 Å². The Balaban J connectivity index is 1.58. The number of nitrogens with one attached hydrogen (secondary N) is 2. The molecule has 7 nitrogen and oxygen atoms in total. The second kappa shape index (κ2) is 5.29. The first-order chi connectivity index (χ1) is 10.7. The fraction of sp³-hybridized carbons (Fsp3) is 0.429. The molecular formula is C14H15N3O4S. The summed E-state index contributed by atoms with van der Waals surface area (Å²) in [5.74, 6) is 0.916. The van der Waals surface area contributed by atoms with Gasteiger partial charge in [0.2, 0.25) is 0 Å². The maximum absolute atomic E-state index is 10.8. The number of fused-ring (bicyclic) bond motifs is 3. The van der Waals surface area contributed by atoms with E-state index in [1.165, 1.54) is 0 Å². The Morgan fingerprint density at radius 2 is 2.23 bits per heavy atom. The van der Waals surface area contributed by atoms with Crippen molar-refractivity contribution in [3.63, 3.8) is 0 Å². The average molecular weight is 321 g/mol. The van der Waals surface area contributed by atoms with Gasteiger partial charge in [-0.3, -0.25) is 0 Å². The number of nitrogens with zero attached hydrogens (tertiary/aromatic N) is 1. The number of anilines is 1. The van der Waals surface area contributed by atoms with Crippen LogP contribution in [0.25, 0.3) is 10.2 Å². The van der Waals surface area contributed by atoms with Gasteiger partial charge in [-0.25, -0.2) is 9.78 Å². The molecule has 2 aromatic rings. The predicted molar refractivity (Wildman–Crippen MR) is 82.0 cm³/mol. The molecule has 1 aromatic carbocycles. The van der Waals surface area contributed by atoms with Crippen LogP contribution in [0.1, 0.15) is 5.56 Å². The molecule has 22 heavy (non-hydrogen) atoms. The third kappa shape index (κ3) is 2.34. The molecule has 0 bridgehead atoms. The lowest BCUT2D eigenvalue weighted by molar-refractivity contribution is 0.175. The van der Waals surface area contributed by atoms with Crippen LogP contribution in [0.3, 0.4) is 0 Å². The fourth-order valence-corrected chi connectivity index (χ4v) is 3.84. The van der Waals surface area contributed by atoms with E-state index in [9.17, 15) is 4.79 Å². The SMILES string of the molecule is O=C(O)N[C@H]1COC[C@H]1Nc1nc2c3c(ccc2s1)OCC3. The van der Waals surface area contributed by atoms with E-state index in [0.717, 1.165) is 33.1 Å². The molecule has 0 radical (unpaired) electrons. The molecule has 2 aliphatic heterocycles. The summed E-state index contributed by atoms with van der Waals surface area (Å²) in [6.45, 7) is 1.54. The van der Waals surface area contributed by atoms with Crippen LogP contribution in [0.4, 0.5) is 9.93 Å². The summed E-state index contributed by atoms with van der Waals surface area (Å²) in [6, 6.07) is 3.63. The van der Waals surface area contributed by atoms with Crippen molar-refractivity contribution in [1.29, 1.82) is 0 Å². The molecule has 0 saturated carbocycles. The van der Waals surface area contributed by atoms with Crippen LogP contribution >= 0.6 is 11.3 Å². The Kier molecular flexibility index (Phi) is 3.27. The number of hydrogen-bond acceptors (Lipinski definition) is 6. The minimum atomic E-state index is -1.04. The molecule has 0 aliphatic carbocycles. The Bertz CT molecular complexity index is 732. The van der Waals surface area contributed by atoms with E-state index in [-0.39, 0.29) is 12.1 Å².